The van der Waals surface area contributed by atoms with Crippen molar-refractivity contribution in [1.29, 1.82) is 0 Å². The van der Waals surface area contributed by atoms with Crippen molar-refractivity contribution in [1.82, 2.24) is 15.2 Å². The number of likely N-dealkylation sites (N-methyl/N-ethyl adjacent to an activating group) is 2. The molecule has 0 saturated carbocycles. The van der Waals surface area contributed by atoms with Crippen molar-refractivity contribution in [3.8, 4) is 0 Å². The van der Waals surface area contributed by atoms with E-state index in [1.807, 2.05) is 0 Å². The molecular weight excluding hydrogens is 254 g/mol. The van der Waals surface area contributed by atoms with Crippen LogP contribution in [0.25, 0.3) is 0 Å². The molecule has 1 N–H and O–H groups in total. The molecule has 1 aromatic heterocycles. The molecule has 0 aliphatic rings. The number of aryl methyl sites for hydroxylation is 1. The minimum absolute atomic E-state index is 0.176. The molecule has 0 saturated heterocycles. The zero-order valence-electron chi connectivity index (χ0n) is 13.3. The van der Waals surface area contributed by atoms with Crippen LogP contribution in [0.4, 0.5) is 0 Å². The largest absolute Gasteiger partial charge is 0.315 e. The molecule has 1 heterocycles. The molecule has 2 atom stereocenters. The average Bonchev–Trinajstić information content (AvgIpc) is 2.82. The van der Waals surface area contributed by atoms with Crippen LogP contribution in [0.5, 0.6) is 0 Å². The first-order chi connectivity index (χ1) is 9.01. The van der Waals surface area contributed by atoms with Crippen LogP contribution < -0.4 is 5.32 Å². The van der Waals surface area contributed by atoms with Gasteiger partial charge in [0.2, 0.25) is 0 Å². The van der Waals surface area contributed by atoms with Gasteiger partial charge in [-0.3, -0.25) is 4.90 Å². The lowest BCUT2D eigenvalue weighted by Gasteiger charge is -2.45. The van der Waals surface area contributed by atoms with Crippen molar-refractivity contribution in [2.75, 3.05) is 20.1 Å². The summed E-state index contributed by atoms with van der Waals surface area (Å²) in [5.74, 6) is 0. The summed E-state index contributed by atoms with van der Waals surface area (Å²) in [6.07, 6.45) is 2.14. The molecule has 0 aliphatic heterocycles. The van der Waals surface area contributed by atoms with Crippen molar-refractivity contribution < 1.29 is 0 Å². The molecule has 1 aromatic rings. The van der Waals surface area contributed by atoms with E-state index in [1.54, 1.807) is 11.3 Å². The third-order valence-corrected chi connectivity index (χ3v) is 5.20. The summed E-state index contributed by atoms with van der Waals surface area (Å²) in [6.45, 7) is 13.4. The van der Waals surface area contributed by atoms with E-state index < -0.39 is 0 Å². The number of nitrogens with one attached hydrogen (secondary N) is 1. The molecule has 0 amide bonds. The van der Waals surface area contributed by atoms with Crippen LogP contribution in [0.3, 0.4) is 0 Å². The normalized spacial score (nSPS) is 16.6. The molecule has 0 spiro atoms. The third kappa shape index (κ3) is 3.77. The summed E-state index contributed by atoms with van der Waals surface area (Å²) >= 11 is 1.74. The first-order valence-electron chi connectivity index (χ1n) is 7.35. The Morgan fingerprint density at radius 2 is 2.00 bits per heavy atom. The van der Waals surface area contributed by atoms with E-state index in [-0.39, 0.29) is 5.54 Å². The monoisotopic (exact) mass is 283 g/mol. The summed E-state index contributed by atoms with van der Waals surface area (Å²) < 4.78 is 0. The lowest BCUT2D eigenvalue weighted by Crippen LogP contribution is -2.59. The van der Waals surface area contributed by atoms with Crippen LogP contribution in [-0.2, 0) is 6.42 Å². The quantitative estimate of drug-likeness (QED) is 0.794. The van der Waals surface area contributed by atoms with Gasteiger partial charge in [-0.1, -0.05) is 20.8 Å². The fraction of sp³-hybridized carbons (Fsp3) is 0.800. The topological polar surface area (TPSA) is 28.2 Å². The Bertz CT molecular complexity index is 373. The second-order valence-electron chi connectivity index (χ2n) is 5.29. The fourth-order valence-corrected chi connectivity index (χ4v) is 3.61. The number of rotatable bonds is 8. The second kappa shape index (κ2) is 7.36. The highest BCUT2D eigenvalue weighted by Gasteiger charge is 2.36. The van der Waals surface area contributed by atoms with Crippen LogP contribution in [-0.4, -0.2) is 41.6 Å². The maximum atomic E-state index is 4.62. The van der Waals surface area contributed by atoms with Crippen molar-refractivity contribution in [3.63, 3.8) is 0 Å². The van der Waals surface area contributed by atoms with Crippen LogP contribution >= 0.6 is 11.3 Å². The van der Waals surface area contributed by atoms with E-state index in [4.69, 9.17) is 0 Å². The average molecular weight is 283 g/mol. The molecule has 3 nitrogen and oxygen atoms in total. The fourth-order valence-electron chi connectivity index (χ4n) is 2.98. The van der Waals surface area contributed by atoms with Crippen LogP contribution in [0.15, 0.2) is 5.38 Å². The van der Waals surface area contributed by atoms with Crippen LogP contribution in [0.2, 0.25) is 0 Å². The van der Waals surface area contributed by atoms with Crippen molar-refractivity contribution >= 4 is 11.3 Å². The first kappa shape index (κ1) is 16.6. The van der Waals surface area contributed by atoms with E-state index in [2.05, 4.69) is 62.2 Å². The SMILES string of the molecule is CCN(CC)C(C)(CC)C(Cc1csc(C)n1)NC. The summed E-state index contributed by atoms with van der Waals surface area (Å²) in [7, 11) is 2.07. The van der Waals surface area contributed by atoms with Gasteiger partial charge in [-0.05, 0) is 40.4 Å². The van der Waals surface area contributed by atoms with Gasteiger partial charge in [-0.2, -0.15) is 0 Å². The standard InChI is InChI=1S/C15H29N3S/c1-7-15(5,18(8-2)9-3)14(16-6)10-13-11-19-12(4)17-13/h11,14,16H,7-10H2,1-6H3. The molecule has 4 heteroatoms. The summed E-state index contributed by atoms with van der Waals surface area (Å²) in [5.41, 5.74) is 1.39. The number of thiazole rings is 1. The maximum absolute atomic E-state index is 4.62. The van der Waals surface area contributed by atoms with Crippen molar-refractivity contribution in [2.45, 2.75) is 59.0 Å². The van der Waals surface area contributed by atoms with Gasteiger partial charge >= 0.3 is 0 Å². The Balaban J connectivity index is 2.91. The molecule has 0 bridgehead atoms. The maximum Gasteiger partial charge on any atom is 0.0897 e. The smallest absolute Gasteiger partial charge is 0.0897 e. The van der Waals surface area contributed by atoms with Gasteiger partial charge < -0.3 is 5.32 Å². The number of hydrogen-bond acceptors (Lipinski definition) is 4. The third-order valence-electron chi connectivity index (χ3n) is 4.38. The van der Waals surface area contributed by atoms with Crippen LogP contribution in [0.1, 0.15) is 44.8 Å². The number of aromatic nitrogens is 1. The lowest BCUT2D eigenvalue weighted by atomic mass is 9.84. The Labute approximate surface area is 122 Å². The highest BCUT2D eigenvalue weighted by molar-refractivity contribution is 7.09. The molecule has 0 aromatic carbocycles. The number of nitrogens with zero attached hydrogens (tertiary/aromatic N) is 2. The van der Waals surface area contributed by atoms with Gasteiger partial charge in [0, 0.05) is 23.4 Å². The number of hydrogen-bond donors (Lipinski definition) is 1. The summed E-state index contributed by atoms with van der Waals surface area (Å²) in [4.78, 5) is 7.18. The first-order valence-corrected chi connectivity index (χ1v) is 8.23. The van der Waals surface area contributed by atoms with Gasteiger partial charge in [0.15, 0.2) is 0 Å². The van der Waals surface area contributed by atoms with Crippen molar-refractivity contribution in [3.05, 3.63) is 16.1 Å². The van der Waals surface area contributed by atoms with Gasteiger partial charge in [0.25, 0.3) is 0 Å². The summed E-state index contributed by atoms with van der Waals surface area (Å²) in [6, 6.07) is 0.430. The summed E-state index contributed by atoms with van der Waals surface area (Å²) in [5, 5.41) is 6.87. The molecule has 2 unspecified atom stereocenters. The highest BCUT2D eigenvalue weighted by atomic mass is 32.1. The molecular formula is C15H29N3S. The predicted molar refractivity (Wildman–Crippen MR) is 85.0 cm³/mol. The molecule has 0 radical (unpaired) electrons. The van der Waals surface area contributed by atoms with Crippen LogP contribution in [0, 0.1) is 6.92 Å². The van der Waals surface area contributed by atoms with Crippen molar-refractivity contribution in [2.24, 2.45) is 0 Å². The molecule has 110 valence electrons. The minimum Gasteiger partial charge on any atom is -0.315 e. The molecule has 0 fully saturated rings. The van der Waals surface area contributed by atoms with Gasteiger partial charge in [0.1, 0.15) is 0 Å². The van der Waals surface area contributed by atoms with E-state index >= 15 is 0 Å². The van der Waals surface area contributed by atoms with Gasteiger partial charge in [-0.15, -0.1) is 11.3 Å². The van der Waals surface area contributed by atoms with Gasteiger partial charge in [0.05, 0.1) is 10.7 Å². The zero-order chi connectivity index (χ0) is 14.5. The Kier molecular flexibility index (Phi) is 6.43. The van der Waals surface area contributed by atoms with E-state index in [0.717, 1.165) is 30.9 Å². The predicted octanol–water partition coefficient (Wildman–Crippen LogP) is 3.09. The van der Waals surface area contributed by atoms with E-state index in [1.165, 1.54) is 5.69 Å². The van der Waals surface area contributed by atoms with E-state index in [0.29, 0.717) is 6.04 Å². The second-order valence-corrected chi connectivity index (χ2v) is 6.35. The Morgan fingerprint density at radius 1 is 1.37 bits per heavy atom. The van der Waals surface area contributed by atoms with Gasteiger partial charge in [-0.25, -0.2) is 4.98 Å². The molecule has 19 heavy (non-hydrogen) atoms. The Hall–Kier alpha value is -0.450. The molecule has 0 aliphatic carbocycles. The molecule has 1 rings (SSSR count). The zero-order valence-corrected chi connectivity index (χ0v) is 14.1. The highest BCUT2D eigenvalue weighted by Crippen LogP contribution is 2.26. The van der Waals surface area contributed by atoms with E-state index in [9.17, 15) is 0 Å². The Morgan fingerprint density at radius 3 is 2.37 bits per heavy atom. The minimum atomic E-state index is 0.176. The lowest BCUT2D eigenvalue weighted by molar-refractivity contribution is 0.0727.